The Morgan fingerprint density at radius 3 is 1.39 bits per heavy atom. The molecule has 0 aliphatic heterocycles. The van der Waals surface area contributed by atoms with Gasteiger partial charge in [-0.15, -0.1) is 0 Å². The van der Waals surface area contributed by atoms with Gasteiger partial charge in [0.25, 0.3) is 0 Å². The Labute approximate surface area is 110 Å². The molecule has 0 N–H and O–H groups in total. The first-order chi connectivity index (χ1) is 8.69. The van der Waals surface area contributed by atoms with Gasteiger partial charge in [-0.05, 0) is 12.8 Å². The molecule has 0 aromatic carbocycles. The van der Waals surface area contributed by atoms with Crippen molar-refractivity contribution in [2.24, 2.45) is 10.8 Å². The molecule has 0 aromatic rings. The minimum absolute atomic E-state index is 0.341. The lowest BCUT2D eigenvalue weighted by molar-refractivity contribution is -0.130. The quantitative estimate of drug-likeness (QED) is 0.675. The van der Waals surface area contributed by atoms with Crippen LogP contribution in [0.1, 0.15) is 39.5 Å². The van der Waals surface area contributed by atoms with Crippen molar-refractivity contribution in [3.63, 3.8) is 0 Å². The maximum Gasteiger partial charge on any atom is 0.160 e. The van der Waals surface area contributed by atoms with Gasteiger partial charge in [-0.25, -0.2) is 0 Å². The van der Waals surface area contributed by atoms with Crippen LogP contribution in [0.15, 0.2) is 48.6 Å². The summed E-state index contributed by atoms with van der Waals surface area (Å²) >= 11 is 0. The second-order valence-corrected chi connectivity index (χ2v) is 5.35. The SMILES string of the molecule is CCCC1(C(=O)C2(CCC)C=CC=C2)C=CC=C1. The molecular weight excluding hydrogens is 220 g/mol. The molecule has 0 atom stereocenters. The van der Waals surface area contributed by atoms with E-state index in [1.54, 1.807) is 0 Å². The topological polar surface area (TPSA) is 17.1 Å². The molecule has 0 aromatic heterocycles. The van der Waals surface area contributed by atoms with E-state index in [-0.39, 0.29) is 10.8 Å². The number of carbonyl (C=O) groups is 1. The van der Waals surface area contributed by atoms with E-state index in [9.17, 15) is 4.79 Å². The van der Waals surface area contributed by atoms with Gasteiger partial charge in [0.2, 0.25) is 0 Å². The summed E-state index contributed by atoms with van der Waals surface area (Å²) in [5, 5.41) is 0. The fourth-order valence-electron chi connectivity index (χ4n) is 3.14. The van der Waals surface area contributed by atoms with E-state index >= 15 is 0 Å². The summed E-state index contributed by atoms with van der Waals surface area (Å²) in [4.78, 5) is 13.1. The zero-order valence-corrected chi connectivity index (χ0v) is 11.4. The summed E-state index contributed by atoms with van der Waals surface area (Å²) in [6, 6.07) is 0. The fraction of sp³-hybridized carbons (Fsp3) is 0.471. The number of hydrogen-bond donors (Lipinski definition) is 0. The van der Waals surface area contributed by atoms with Crippen LogP contribution in [-0.4, -0.2) is 5.78 Å². The zero-order chi connectivity index (χ0) is 13.1. The van der Waals surface area contributed by atoms with Gasteiger partial charge in [0.1, 0.15) is 0 Å². The molecule has 0 saturated carbocycles. The largest absolute Gasteiger partial charge is 0.297 e. The second-order valence-electron chi connectivity index (χ2n) is 5.35. The molecular formula is C17H22O. The van der Waals surface area contributed by atoms with Gasteiger partial charge in [-0.1, -0.05) is 75.3 Å². The zero-order valence-electron chi connectivity index (χ0n) is 11.4. The Morgan fingerprint density at radius 1 is 0.778 bits per heavy atom. The molecule has 1 nitrogen and oxygen atoms in total. The molecule has 96 valence electrons. The van der Waals surface area contributed by atoms with E-state index in [1.807, 2.05) is 24.3 Å². The van der Waals surface area contributed by atoms with Crippen molar-refractivity contribution >= 4 is 5.78 Å². The number of rotatable bonds is 6. The third-order valence-corrected chi connectivity index (χ3v) is 3.97. The minimum atomic E-state index is -0.372. The van der Waals surface area contributed by atoms with Crippen LogP contribution in [-0.2, 0) is 4.79 Å². The van der Waals surface area contributed by atoms with E-state index in [0.717, 1.165) is 25.7 Å². The van der Waals surface area contributed by atoms with Crippen molar-refractivity contribution in [1.29, 1.82) is 0 Å². The van der Waals surface area contributed by atoms with Crippen LogP contribution in [0.4, 0.5) is 0 Å². The Morgan fingerprint density at radius 2 is 1.11 bits per heavy atom. The summed E-state index contributed by atoms with van der Waals surface area (Å²) < 4.78 is 0. The number of hydrogen-bond acceptors (Lipinski definition) is 1. The van der Waals surface area contributed by atoms with Gasteiger partial charge in [0.05, 0.1) is 10.8 Å². The minimum Gasteiger partial charge on any atom is -0.297 e. The lowest BCUT2D eigenvalue weighted by Crippen LogP contribution is -2.38. The highest BCUT2D eigenvalue weighted by molar-refractivity contribution is 5.98. The van der Waals surface area contributed by atoms with E-state index in [2.05, 4.69) is 38.2 Å². The third-order valence-electron chi connectivity index (χ3n) is 3.97. The molecule has 18 heavy (non-hydrogen) atoms. The number of ketones is 1. The first-order valence-corrected chi connectivity index (χ1v) is 6.98. The summed E-state index contributed by atoms with van der Waals surface area (Å²) in [6.45, 7) is 4.28. The van der Waals surface area contributed by atoms with Crippen molar-refractivity contribution in [3.8, 4) is 0 Å². The van der Waals surface area contributed by atoms with Crippen molar-refractivity contribution in [2.45, 2.75) is 39.5 Å². The first kappa shape index (κ1) is 13.1. The second kappa shape index (κ2) is 5.09. The monoisotopic (exact) mass is 242 g/mol. The molecule has 0 unspecified atom stereocenters. The third kappa shape index (κ3) is 2.03. The first-order valence-electron chi connectivity index (χ1n) is 6.98. The average molecular weight is 242 g/mol. The highest BCUT2D eigenvalue weighted by Gasteiger charge is 2.45. The number of allylic oxidation sites excluding steroid dienone is 8. The van der Waals surface area contributed by atoms with Crippen molar-refractivity contribution < 1.29 is 4.79 Å². The highest BCUT2D eigenvalue weighted by Crippen LogP contribution is 2.44. The molecule has 0 saturated heterocycles. The van der Waals surface area contributed by atoms with E-state index in [1.165, 1.54) is 0 Å². The molecule has 1 heteroatoms. The van der Waals surface area contributed by atoms with Gasteiger partial charge >= 0.3 is 0 Å². The summed E-state index contributed by atoms with van der Waals surface area (Å²) in [7, 11) is 0. The van der Waals surface area contributed by atoms with E-state index < -0.39 is 0 Å². The molecule has 2 aliphatic carbocycles. The van der Waals surface area contributed by atoms with Crippen LogP contribution in [0, 0.1) is 10.8 Å². The van der Waals surface area contributed by atoms with Crippen molar-refractivity contribution in [3.05, 3.63) is 48.6 Å². The van der Waals surface area contributed by atoms with E-state index in [4.69, 9.17) is 0 Å². The smallest absolute Gasteiger partial charge is 0.160 e. The normalized spacial score (nSPS) is 21.9. The average Bonchev–Trinajstić information content (AvgIpc) is 3.00. The molecule has 0 fully saturated rings. The predicted octanol–water partition coefficient (Wildman–Crippen LogP) is 4.38. The van der Waals surface area contributed by atoms with Crippen LogP contribution in [0.3, 0.4) is 0 Å². The fourth-order valence-corrected chi connectivity index (χ4v) is 3.14. The van der Waals surface area contributed by atoms with Gasteiger partial charge in [-0.2, -0.15) is 0 Å². The Balaban J connectivity index is 2.34. The number of carbonyl (C=O) groups excluding carboxylic acids is 1. The molecule has 0 amide bonds. The van der Waals surface area contributed by atoms with Crippen LogP contribution < -0.4 is 0 Å². The Bertz CT molecular complexity index is 371. The van der Waals surface area contributed by atoms with Gasteiger partial charge in [0, 0.05) is 0 Å². The van der Waals surface area contributed by atoms with Crippen LogP contribution in [0.5, 0.6) is 0 Å². The van der Waals surface area contributed by atoms with Crippen LogP contribution in [0.25, 0.3) is 0 Å². The lowest BCUT2D eigenvalue weighted by Gasteiger charge is -2.33. The van der Waals surface area contributed by atoms with Crippen LogP contribution >= 0.6 is 0 Å². The predicted molar refractivity (Wildman–Crippen MR) is 76.2 cm³/mol. The summed E-state index contributed by atoms with van der Waals surface area (Å²) in [6.07, 6.45) is 20.2. The molecule has 0 spiro atoms. The van der Waals surface area contributed by atoms with Gasteiger partial charge < -0.3 is 0 Å². The van der Waals surface area contributed by atoms with E-state index in [0.29, 0.717) is 5.78 Å². The van der Waals surface area contributed by atoms with Crippen LogP contribution in [0.2, 0.25) is 0 Å². The highest BCUT2D eigenvalue weighted by atomic mass is 16.1. The standard InChI is InChI=1S/C17H22O/c1-3-9-16(11-5-6-12-16)15(18)17(10-4-2)13-7-8-14-17/h5-8,11-14H,3-4,9-10H2,1-2H3. The molecule has 0 bridgehead atoms. The summed E-state index contributed by atoms with van der Waals surface area (Å²) in [5.74, 6) is 0.341. The number of Topliss-reactive ketones (excluding diaryl/α,β-unsaturated/α-hetero) is 1. The van der Waals surface area contributed by atoms with Gasteiger partial charge in [0.15, 0.2) is 5.78 Å². The maximum absolute atomic E-state index is 13.1. The summed E-state index contributed by atoms with van der Waals surface area (Å²) in [5.41, 5.74) is -0.744. The molecule has 0 radical (unpaired) electrons. The Kier molecular flexibility index (Phi) is 3.70. The lowest BCUT2D eigenvalue weighted by atomic mass is 9.67. The van der Waals surface area contributed by atoms with Crippen molar-refractivity contribution in [2.75, 3.05) is 0 Å². The van der Waals surface area contributed by atoms with Crippen molar-refractivity contribution in [1.82, 2.24) is 0 Å². The molecule has 2 rings (SSSR count). The Hall–Kier alpha value is -1.37. The maximum atomic E-state index is 13.1. The molecule has 0 heterocycles. The molecule has 2 aliphatic rings. The van der Waals surface area contributed by atoms with Gasteiger partial charge in [-0.3, -0.25) is 4.79 Å².